The molecule has 2 saturated heterocycles. The van der Waals surface area contributed by atoms with Gasteiger partial charge in [0.1, 0.15) is 5.69 Å². The van der Waals surface area contributed by atoms with Crippen molar-refractivity contribution in [1.82, 2.24) is 15.2 Å². The van der Waals surface area contributed by atoms with E-state index in [1.807, 2.05) is 18.2 Å². The Kier molecular flexibility index (Phi) is 4.38. The summed E-state index contributed by atoms with van der Waals surface area (Å²) in [5, 5.41) is 3.03. The fourth-order valence-corrected chi connectivity index (χ4v) is 3.69. The number of nitrogens with zero attached hydrogens (tertiary/aromatic N) is 1. The zero-order valence-corrected chi connectivity index (χ0v) is 13.9. The molecule has 2 N–H and O–H groups in total. The van der Waals surface area contributed by atoms with Gasteiger partial charge >= 0.3 is 0 Å². The summed E-state index contributed by atoms with van der Waals surface area (Å²) in [5.74, 6) is -0.233. The van der Waals surface area contributed by atoms with Gasteiger partial charge < -0.3 is 15.0 Å². The second-order valence-electron chi connectivity index (χ2n) is 6.68. The smallest absolute Gasteiger partial charge is 0.268 e. The number of benzene rings is 1. The molecule has 1 amide bonds. The number of aromatic nitrogens is 1. The van der Waals surface area contributed by atoms with Crippen molar-refractivity contribution in [3.05, 3.63) is 70.1 Å². The molecule has 0 unspecified atom stereocenters. The van der Waals surface area contributed by atoms with Crippen LogP contribution in [0.5, 0.6) is 0 Å². The molecule has 130 valence electrons. The predicted molar refractivity (Wildman–Crippen MR) is 93.4 cm³/mol. The van der Waals surface area contributed by atoms with E-state index in [0.29, 0.717) is 18.3 Å². The standard InChI is InChI=1S/C19H21N3O3/c23-18-8-4-7-16(21-18)19(24)20-14-9-15-12-25-17(11-22(15)10-14)13-5-2-1-3-6-13/h1-8,14-15,17H,9-12H2,(H,20,24)(H,21,23)/t14-,15+,17-/m1/s1. The Morgan fingerprint density at radius 1 is 1.12 bits per heavy atom. The number of aromatic amines is 1. The zero-order valence-electron chi connectivity index (χ0n) is 13.9. The van der Waals surface area contributed by atoms with Crippen molar-refractivity contribution in [3.63, 3.8) is 0 Å². The number of carbonyl (C=O) groups is 1. The van der Waals surface area contributed by atoms with Crippen LogP contribution >= 0.6 is 0 Å². The highest BCUT2D eigenvalue weighted by Gasteiger charge is 2.38. The number of hydrogen-bond donors (Lipinski definition) is 2. The second-order valence-corrected chi connectivity index (χ2v) is 6.68. The Morgan fingerprint density at radius 2 is 1.96 bits per heavy atom. The average Bonchev–Trinajstić information content (AvgIpc) is 3.03. The summed E-state index contributed by atoms with van der Waals surface area (Å²) in [5.41, 5.74) is 1.22. The van der Waals surface area contributed by atoms with Crippen LogP contribution in [0.4, 0.5) is 0 Å². The molecule has 0 bridgehead atoms. The van der Waals surface area contributed by atoms with Gasteiger partial charge in [0.2, 0.25) is 5.56 Å². The van der Waals surface area contributed by atoms with Crippen molar-refractivity contribution in [3.8, 4) is 0 Å². The monoisotopic (exact) mass is 339 g/mol. The van der Waals surface area contributed by atoms with Crippen molar-refractivity contribution < 1.29 is 9.53 Å². The Bertz CT molecular complexity index is 805. The Labute approximate surface area is 145 Å². The minimum atomic E-state index is -0.268. The third-order valence-electron chi connectivity index (χ3n) is 4.94. The van der Waals surface area contributed by atoms with Gasteiger partial charge in [0.15, 0.2) is 0 Å². The van der Waals surface area contributed by atoms with Gasteiger partial charge in [-0.05, 0) is 18.1 Å². The molecule has 2 fully saturated rings. The van der Waals surface area contributed by atoms with Gasteiger partial charge in [-0.3, -0.25) is 14.5 Å². The van der Waals surface area contributed by atoms with Crippen molar-refractivity contribution in [2.75, 3.05) is 19.7 Å². The van der Waals surface area contributed by atoms with Crippen LogP contribution in [-0.2, 0) is 4.74 Å². The van der Waals surface area contributed by atoms with Crippen LogP contribution in [0.2, 0.25) is 0 Å². The third kappa shape index (κ3) is 3.50. The van der Waals surface area contributed by atoms with Crippen molar-refractivity contribution in [1.29, 1.82) is 0 Å². The van der Waals surface area contributed by atoms with Crippen LogP contribution in [-0.4, -0.2) is 47.6 Å². The number of ether oxygens (including phenoxy) is 1. The molecule has 2 aromatic rings. The number of H-pyrrole nitrogens is 1. The molecule has 1 aromatic heterocycles. The van der Waals surface area contributed by atoms with Crippen LogP contribution in [0.15, 0.2) is 53.3 Å². The molecule has 6 heteroatoms. The van der Waals surface area contributed by atoms with Crippen LogP contribution in [0, 0.1) is 0 Å². The summed E-state index contributed by atoms with van der Waals surface area (Å²) in [6, 6.07) is 15.2. The van der Waals surface area contributed by atoms with Crippen LogP contribution in [0.1, 0.15) is 28.6 Å². The molecule has 3 heterocycles. The van der Waals surface area contributed by atoms with Crippen LogP contribution in [0.3, 0.4) is 0 Å². The molecular weight excluding hydrogens is 318 g/mol. The first kappa shape index (κ1) is 16.1. The fraction of sp³-hybridized carbons (Fsp3) is 0.368. The lowest BCUT2D eigenvalue weighted by atomic mass is 10.1. The lowest BCUT2D eigenvalue weighted by molar-refractivity contribution is -0.0502. The number of nitrogens with one attached hydrogen (secondary N) is 2. The number of hydrogen-bond acceptors (Lipinski definition) is 4. The van der Waals surface area contributed by atoms with Crippen molar-refractivity contribution in [2.45, 2.75) is 24.6 Å². The lowest BCUT2D eigenvalue weighted by Gasteiger charge is -2.35. The number of morpholine rings is 1. The maximum atomic E-state index is 12.3. The van der Waals surface area contributed by atoms with E-state index in [9.17, 15) is 9.59 Å². The molecule has 25 heavy (non-hydrogen) atoms. The molecule has 0 spiro atoms. The van der Waals surface area contributed by atoms with E-state index in [-0.39, 0.29) is 23.6 Å². The van der Waals surface area contributed by atoms with Gasteiger partial charge in [0.25, 0.3) is 5.91 Å². The second kappa shape index (κ2) is 6.82. The van der Waals surface area contributed by atoms with Gasteiger partial charge in [-0.1, -0.05) is 36.4 Å². The number of pyridine rings is 1. The third-order valence-corrected chi connectivity index (χ3v) is 4.94. The first-order valence-corrected chi connectivity index (χ1v) is 8.60. The van der Waals surface area contributed by atoms with Gasteiger partial charge in [-0.15, -0.1) is 0 Å². The van der Waals surface area contributed by atoms with E-state index in [1.54, 1.807) is 12.1 Å². The van der Waals surface area contributed by atoms with E-state index in [4.69, 9.17) is 4.74 Å². The maximum absolute atomic E-state index is 12.3. The molecular formula is C19H21N3O3. The number of carbonyl (C=O) groups excluding carboxylic acids is 1. The van der Waals surface area contributed by atoms with Crippen molar-refractivity contribution >= 4 is 5.91 Å². The minimum Gasteiger partial charge on any atom is -0.371 e. The summed E-state index contributed by atoms with van der Waals surface area (Å²) in [6.07, 6.45) is 0.946. The van der Waals surface area contributed by atoms with E-state index in [0.717, 1.165) is 19.5 Å². The largest absolute Gasteiger partial charge is 0.371 e. The summed E-state index contributed by atoms with van der Waals surface area (Å²) in [6.45, 7) is 2.32. The summed E-state index contributed by atoms with van der Waals surface area (Å²) in [7, 11) is 0. The Hall–Kier alpha value is -2.44. The predicted octanol–water partition coefficient (Wildman–Crippen LogP) is 1.32. The van der Waals surface area contributed by atoms with E-state index >= 15 is 0 Å². The van der Waals surface area contributed by atoms with Crippen LogP contribution < -0.4 is 10.9 Å². The quantitative estimate of drug-likeness (QED) is 0.884. The highest BCUT2D eigenvalue weighted by Crippen LogP contribution is 2.30. The summed E-state index contributed by atoms with van der Waals surface area (Å²) >= 11 is 0. The number of rotatable bonds is 3. The van der Waals surface area contributed by atoms with Crippen LogP contribution in [0.25, 0.3) is 0 Å². The number of fused-ring (bicyclic) bond motifs is 1. The SMILES string of the molecule is O=C(N[C@@H]1C[C@H]2CO[C@@H](c3ccccc3)CN2C1)c1cccc(=O)[nH]1. The highest BCUT2D eigenvalue weighted by molar-refractivity contribution is 5.92. The average molecular weight is 339 g/mol. The molecule has 0 aliphatic carbocycles. The van der Waals surface area contributed by atoms with E-state index in [2.05, 4.69) is 27.3 Å². The first-order chi connectivity index (χ1) is 12.2. The minimum absolute atomic E-state index is 0.0688. The fourth-order valence-electron chi connectivity index (χ4n) is 3.69. The Balaban J connectivity index is 1.38. The van der Waals surface area contributed by atoms with Gasteiger partial charge in [0, 0.05) is 31.2 Å². The summed E-state index contributed by atoms with van der Waals surface area (Å²) in [4.78, 5) is 28.6. The molecule has 0 radical (unpaired) electrons. The molecule has 3 atom stereocenters. The molecule has 2 aliphatic rings. The topological polar surface area (TPSA) is 74.4 Å². The van der Waals surface area contributed by atoms with E-state index < -0.39 is 0 Å². The highest BCUT2D eigenvalue weighted by atomic mass is 16.5. The molecule has 0 saturated carbocycles. The molecule has 4 rings (SSSR count). The first-order valence-electron chi connectivity index (χ1n) is 8.60. The molecule has 2 aliphatic heterocycles. The van der Waals surface area contributed by atoms with Gasteiger partial charge in [0.05, 0.1) is 12.7 Å². The van der Waals surface area contributed by atoms with Gasteiger partial charge in [-0.2, -0.15) is 0 Å². The molecule has 6 nitrogen and oxygen atoms in total. The van der Waals surface area contributed by atoms with Crippen molar-refractivity contribution in [2.24, 2.45) is 0 Å². The van der Waals surface area contributed by atoms with Gasteiger partial charge in [-0.25, -0.2) is 0 Å². The zero-order chi connectivity index (χ0) is 17.2. The normalized spacial score (nSPS) is 26.2. The maximum Gasteiger partial charge on any atom is 0.268 e. The number of amides is 1. The Morgan fingerprint density at radius 3 is 2.76 bits per heavy atom. The lowest BCUT2D eigenvalue weighted by Crippen LogP contribution is -2.43. The van der Waals surface area contributed by atoms with E-state index in [1.165, 1.54) is 11.6 Å². The summed E-state index contributed by atoms with van der Waals surface area (Å²) < 4.78 is 6.03. The molecule has 1 aromatic carbocycles.